The number of hydrogen-bond donors (Lipinski definition) is 0. The molecule has 2 saturated heterocycles. The van der Waals surface area contributed by atoms with Crippen molar-refractivity contribution in [1.82, 2.24) is 9.80 Å². The van der Waals surface area contributed by atoms with E-state index in [1.165, 1.54) is 4.90 Å². The van der Waals surface area contributed by atoms with Gasteiger partial charge in [-0.25, -0.2) is 10.1 Å². The Balaban J connectivity index is 1.81. The predicted molar refractivity (Wildman–Crippen MR) is 94.7 cm³/mol. The highest BCUT2D eigenvalue weighted by Gasteiger charge is 2.37. The fourth-order valence-corrected chi connectivity index (χ4v) is 3.73. The van der Waals surface area contributed by atoms with Crippen LogP contribution in [0, 0.1) is 16.0 Å². The number of carbonyl (C=O) groups is 1. The zero-order valence-corrected chi connectivity index (χ0v) is 15.4. The number of hydrogen-bond acceptors (Lipinski definition) is 4. The highest BCUT2D eigenvalue weighted by molar-refractivity contribution is 9.10. The average Bonchev–Trinajstić information content (AvgIpc) is 3.14. The minimum absolute atomic E-state index is 0.102. The van der Waals surface area contributed by atoms with Crippen molar-refractivity contribution in [3.63, 3.8) is 0 Å². The molecule has 2 atom stereocenters. The maximum atomic E-state index is 12.8. The largest absolute Gasteiger partial charge is 0.378 e. The summed E-state index contributed by atoms with van der Waals surface area (Å²) in [4.78, 5) is 27.0. The Morgan fingerprint density at radius 1 is 1.44 bits per heavy atom. The van der Waals surface area contributed by atoms with Crippen LogP contribution in [0.25, 0.3) is 0 Å². The van der Waals surface area contributed by atoms with E-state index in [9.17, 15) is 14.9 Å². The monoisotopic (exact) mass is 410 g/mol. The first kappa shape index (κ1) is 17.8. The summed E-state index contributed by atoms with van der Waals surface area (Å²) in [5.41, 5.74) is 0.457. The molecule has 9 heteroatoms. The first-order valence-electron chi connectivity index (χ1n) is 8.11. The second kappa shape index (κ2) is 7.49. The Morgan fingerprint density at radius 3 is 2.84 bits per heavy atom. The Hall–Kier alpha value is -2.00. The molecule has 2 aliphatic rings. The summed E-state index contributed by atoms with van der Waals surface area (Å²) < 4.78 is 6.21. The molecule has 25 heavy (non-hydrogen) atoms. The van der Waals surface area contributed by atoms with Crippen LogP contribution in [0.2, 0.25) is 0 Å². The zero-order valence-electron chi connectivity index (χ0n) is 13.8. The standard InChI is InChI=1S/C16H19BrN4O4/c1-11-8-12(10-25-11)9-19-6-7-20(16(19)18-21(23)24)15(22)13-4-2-3-5-14(13)17/h2-5,11-12H,6-10H2,1H3. The molecule has 1 amide bonds. The zero-order chi connectivity index (χ0) is 18.0. The Morgan fingerprint density at radius 2 is 2.20 bits per heavy atom. The molecule has 0 aromatic heterocycles. The van der Waals surface area contributed by atoms with Gasteiger partial charge >= 0.3 is 0 Å². The number of halogens is 1. The third-order valence-electron chi connectivity index (χ3n) is 4.40. The van der Waals surface area contributed by atoms with Crippen molar-refractivity contribution in [2.24, 2.45) is 11.0 Å². The van der Waals surface area contributed by atoms with Crippen molar-refractivity contribution in [3.8, 4) is 0 Å². The van der Waals surface area contributed by atoms with E-state index in [0.717, 1.165) is 6.42 Å². The molecule has 2 aliphatic heterocycles. The fourth-order valence-electron chi connectivity index (χ4n) is 3.27. The van der Waals surface area contributed by atoms with Crippen LogP contribution in [0.15, 0.2) is 33.8 Å². The number of rotatable bonds is 4. The number of nitro groups is 1. The maximum Gasteiger partial charge on any atom is 0.281 e. The van der Waals surface area contributed by atoms with Gasteiger partial charge in [-0.3, -0.25) is 9.69 Å². The Labute approximate surface area is 153 Å². The molecule has 3 rings (SSSR count). The normalized spacial score (nSPS) is 25.0. The highest BCUT2D eigenvalue weighted by atomic mass is 79.9. The van der Waals surface area contributed by atoms with Gasteiger partial charge in [0.05, 0.1) is 18.3 Å². The van der Waals surface area contributed by atoms with Crippen LogP contribution in [-0.2, 0) is 4.74 Å². The molecule has 1 aromatic carbocycles. The van der Waals surface area contributed by atoms with Gasteiger partial charge in [-0.1, -0.05) is 12.1 Å². The van der Waals surface area contributed by atoms with Gasteiger partial charge in [0.15, 0.2) is 5.03 Å². The van der Waals surface area contributed by atoms with Gasteiger partial charge in [0.1, 0.15) is 5.10 Å². The van der Waals surface area contributed by atoms with Crippen molar-refractivity contribution in [3.05, 3.63) is 44.4 Å². The summed E-state index contributed by atoms with van der Waals surface area (Å²) >= 11 is 3.36. The van der Waals surface area contributed by atoms with E-state index in [4.69, 9.17) is 4.74 Å². The Kier molecular flexibility index (Phi) is 5.33. The van der Waals surface area contributed by atoms with E-state index in [1.807, 2.05) is 17.9 Å². The highest BCUT2D eigenvalue weighted by Crippen LogP contribution is 2.24. The SMILES string of the molecule is CC1CC(CN2CCN(C(=O)c3ccccc3Br)C2=N[N+](=O)[O-])CO1. The van der Waals surface area contributed by atoms with E-state index >= 15 is 0 Å². The molecule has 2 heterocycles. The van der Waals surface area contributed by atoms with Crippen LogP contribution in [0.3, 0.4) is 0 Å². The van der Waals surface area contributed by atoms with Crippen molar-refractivity contribution in [1.29, 1.82) is 0 Å². The van der Waals surface area contributed by atoms with Gasteiger partial charge < -0.3 is 9.64 Å². The summed E-state index contributed by atoms with van der Waals surface area (Å²) in [6, 6.07) is 7.02. The van der Waals surface area contributed by atoms with Gasteiger partial charge in [-0.2, -0.15) is 0 Å². The molecule has 0 aliphatic carbocycles. The second-order valence-corrected chi connectivity index (χ2v) is 7.12. The molecule has 0 spiro atoms. The lowest BCUT2D eigenvalue weighted by Gasteiger charge is -2.22. The van der Waals surface area contributed by atoms with Crippen LogP contribution in [0.5, 0.6) is 0 Å². The van der Waals surface area contributed by atoms with Crippen LogP contribution >= 0.6 is 15.9 Å². The van der Waals surface area contributed by atoms with E-state index in [0.29, 0.717) is 36.3 Å². The molecular weight excluding hydrogens is 392 g/mol. The molecule has 2 unspecified atom stereocenters. The number of benzene rings is 1. The van der Waals surface area contributed by atoms with Gasteiger partial charge in [0, 0.05) is 30.0 Å². The first-order chi connectivity index (χ1) is 12.0. The molecule has 134 valence electrons. The average molecular weight is 411 g/mol. The minimum atomic E-state index is -0.748. The number of carbonyl (C=O) groups excluding carboxylic acids is 1. The first-order valence-corrected chi connectivity index (χ1v) is 8.91. The van der Waals surface area contributed by atoms with E-state index in [-0.39, 0.29) is 23.9 Å². The Bertz CT molecular complexity index is 711. The van der Waals surface area contributed by atoms with Crippen LogP contribution in [-0.4, -0.2) is 59.0 Å². The summed E-state index contributed by atoms with van der Waals surface area (Å²) in [6.07, 6.45) is 1.10. The molecular formula is C16H19BrN4O4. The summed E-state index contributed by atoms with van der Waals surface area (Å²) in [7, 11) is 0. The lowest BCUT2D eigenvalue weighted by atomic mass is 10.1. The molecule has 1 aromatic rings. The van der Waals surface area contributed by atoms with E-state index in [2.05, 4.69) is 21.0 Å². The molecule has 0 bridgehead atoms. The van der Waals surface area contributed by atoms with Crippen molar-refractivity contribution >= 4 is 27.8 Å². The molecule has 0 N–H and O–H groups in total. The minimum Gasteiger partial charge on any atom is -0.378 e. The topological polar surface area (TPSA) is 88.3 Å². The number of guanidine groups is 1. The number of ether oxygens (including phenoxy) is 1. The molecule has 0 radical (unpaired) electrons. The second-order valence-electron chi connectivity index (χ2n) is 6.27. The van der Waals surface area contributed by atoms with Gasteiger partial charge in [-0.05, 0) is 41.4 Å². The van der Waals surface area contributed by atoms with Crippen LogP contribution < -0.4 is 0 Å². The maximum absolute atomic E-state index is 12.8. The smallest absolute Gasteiger partial charge is 0.281 e. The van der Waals surface area contributed by atoms with E-state index < -0.39 is 5.03 Å². The van der Waals surface area contributed by atoms with Crippen LogP contribution in [0.1, 0.15) is 23.7 Å². The molecule has 0 saturated carbocycles. The fraction of sp³-hybridized carbons (Fsp3) is 0.500. The molecule has 8 nitrogen and oxygen atoms in total. The van der Waals surface area contributed by atoms with Crippen molar-refractivity contribution in [2.75, 3.05) is 26.2 Å². The number of nitrogens with zero attached hydrogens (tertiary/aromatic N) is 4. The van der Waals surface area contributed by atoms with Crippen molar-refractivity contribution in [2.45, 2.75) is 19.4 Å². The number of amides is 1. The lowest BCUT2D eigenvalue weighted by molar-refractivity contribution is -0.486. The summed E-state index contributed by atoms with van der Waals surface area (Å²) in [5.74, 6) is 0.0855. The predicted octanol–water partition coefficient (Wildman–Crippen LogP) is 2.18. The van der Waals surface area contributed by atoms with Gasteiger partial charge in [-0.15, -0.1) is 0 Å². The lowest BCUT2D eigenvalue weighted by Crippen LogP contribution is -2.40. The summed E-state index contributed by atoms with van der Waals surface area (Å²) in [6.45, 7) is 4.13. The summed E-state index contributed by atoms with van der Waals surface area (Å²) in [5, 5.41) is 13.7. The van der Waals surface area contributed by atoms with Crippen molar-refractivity contribution < 1.29 is 14.6 Å². The molecule has 2 fully saturated rings. The number of hydrazone groups is 1. The quantitative estimate of drug-likeness (QED) is 0.560. The third-order valence-corrected chi connectivity index (χ3v) is 5.09. The van der Waals surface area contributed by atoms with E-state index in [1.54, 1.807) is 18.2 Å². The third kappa shape index (κ3) is 3.98. The van der Waals surface area contributed by atoms with Gasteiger partial charge in [0.2, 0.25) is 0 Å². The van der Waals surface area contributed by atoms with Gasteiger partial charge in [0.25, 0.3) is 11.9 Å². The van der Waals surface area contributed by atoms with Crippen LogP contribution in [0.4, 0.5) is 0 Å².